The maximum atomic E-state index is 5.34. The number of hydrogen-bond acceptors (Lipinski definition) is 4. The van der Waals surface area contributed by atoms with Crippen LogP contribution in [0.25, 0.3) is 105 Å². The zero-order valence-electron chi connectivity index (χ0n) is 33.4. The Kier molecular flexibility index (Phi) is 7.54. The van der Waals surface area contributed by atoms with Crippen molar-refractivity contribution in [2.24, 2.45) is 0 Å². The molecule has 0 saturated heterocycles. The average molecular weight is 790 g/mol. The Morgan fingerprint density at radius 2 is 0.952 bits per heavy atom. The summed E-state index contributed by atoms with van der Waals surface area (Å²) in [5.41, 5.74) is 12.1. The second kappa shape index (κ2) is 13.6. The van der Waals surface area contributed by atoms with Crippen LogP contribution in [-0.2, 0) is 0 Å². The third kappa shape index (κ3) is 5.18. The Balaban J connectivity index is 1.03. The Morgan fingerprint density at radius 1 is 0.323 bits per heavy atom. The summed E-state index contributed by atoms with van der Waals surface area (Å²) in [6, 6.07) is 75.7. The Labute approximate surface area is 357 Å². The van der Waals surface area contributed by atoms with Gasteiger partial charge in [-0.2, -0.15) is 0 Å². The molecule has 5 heteroatoms. The normalized spacial score (nSPS) is 12.2. The molecular formula is C57H35N5. The van der Waals surface area contributed by atoms with Crippen LogP contribution < -0.4 is 4.90 Å². The van der Waals surface area contributed by atoms with Crippen molar-refractivity contribution in [2.75, 3.05) is 4.90 Å². The van der Waals surface area contributed by atoms with Gasteiger partial charge in [-0.15, -0.1) is 0 Å². The molecule has 0 fully saturated rings. The largest absolute Gasteiger partial charge is 0.309 e. The van der Waals surface area contributed by atoms with E-state index in [4.69, 9.17) is 15.0 Å². The predicted octanol–water partition coefficient (Wildman–Crippen LogP) is 14.9. The smallest absolute Gasteiger partial charge is 0.164 e. The highest BCUT2D eigenvalue weighted by atomic mass is 15.2. The lowest BCUT2D eigenvalue weighted by Crippen LogP contribution is -2.16. The molecular weight excluding hydrogens is 755 g/mol. The number of hydrogen-bond donors (Lipinski definition) is 0. The summed E-state index contributed by atoms with van der Waals surface area (Å²) in [6.45, 7) is 0. The third-order valence-corrected chi connectivity index (χ3v) is 12.5. The lowest BCUT2D eigenvalue weighted by atomic mass is 9.88. The molecule has 1 aliphatic heterocycles. The minimum absolute atomic E-state index is 0.625. The molecule has 288 valence electrons. The molecule has 12 aromatic rings. The molecule has 0 radical (unpaired) electrons. The van der Waals surface area contributed by atoms with Crippen LogP contribution in [0.5, 0.6) is 0 Å². The van der Waals surface area contributed by atoms with Crippen molar-refractivity contribution in [3.05, 3.63) is 212 Å². The van der Waals surface area contributed by atoms with Gasteiger partial charge in [0.2, 0.25) is 0 Å². The van der Waals surface area contributed by atoms with Crippen molar-refractivity contribution in [1.29, 1.82) is 0 Å². The van der Waals surface area contributed by atoms with E-state index in [0.717, 1.165) is 60.9 Å². The van der Waals surface area contributed by atoms with Crippen molar-refractivity contribution in [1.82, 2.24) is 19.5 Å². The molecule has 0 atom stereocenters. The Morgan fingerprint density at radius 3 is 1.79 bits per heavy atom. The number of benzene rings is 10. The first-order valence-corrected chi connectivity index (χ1v) is 21.0. The van der Waals surface area contributed by atoms with Gasteiger partial charge in [0.1, 0.15) is 0 Å². The maximum absolute atomic E-state index is 5.34. The zero-order valence-corrected chi connectivity index (χ0v) is 33.4. The highest BCUT2D eigenvalue weighted by Crippen LogP contribution is 2.54. The first-order valence-electron chi connectivity index (χ1n) is 21.0. The number of nitrogens with zero attached hydrogens (tertiary/aromatic N) is 5. The molecule has 2 aromatic heterocycles. The number of para-hydroxylation sites is 2. The topological polar surface area (TPSA) is 46.8 Å². The second-order valence-electron chi connectivity index (χ2n) is 16.0. The summed E-state index contributed by atoms with van der Waals surface area (Å²) in [5.74, 6) is 1.88. The first-order chi connectivity index (χ1) is 30.8. The van der Waals surface area contributed by atoms with Crippen LogP contribution >= 0.6 is 0 Å². The van der Waals surface area contributed by atoms with Crippen LogP contribution in [-0.4, -0.2) is 19.5 Å². The van der Waals surface area contributed by atoms with Crippen LogP contribution in [0.15, 0.2) is 212 Å². The summed E-state index contributed by atoms with van der Waals surface area (Å²) in [6.07, 6.45) is 0. The molecule has 0 amide bonds. The Bertz CT molecular complexity index is 3750. The number of aromatic nitrogens is 4. The van der Waals surface area contributed by atoms with Gasteiger partial charge in [-0.25, -0.2) is 15.0 Å². The number of fused-ring (bicyclic) bond motifs is 8. The van der Waals surface area contributed by atoms with Crippen LogP contribution in [0.2, 0.25) is 0 Å². The van der Waals surface area contributed by atoms with Gasteiger partial charge in [-0.3, -0.25) is 0 Å². The van der Waals surface area contributed by atoms with Crippen molar-refractivity contribution < 1.29 is 0 Å². The highest BCUT2D eigenvalue weighted by molar-refractivity contribution is 6.21. The summed E-state index contributed by atoms with van der Waals surface area (Å²) in [5, 5.41) is 9.39. The maximum Gasteiger partial charge on any atom is 0.164 e. The van der Waals surface area contributed by atoms with Crippen LogP contribution in [0.4, 0.5) is 17.1 Å². The van der Waals surface area contributed by atoms with E-state index in [1.807, 2.05) is 18.2 Å². The molecule has 1 aliphatic rings. The van der Waals surface area contributed by atoms with Crippen molar-refractivity contribution in [3.63, 3.8) is 0 Å². The molecule has 62 heavy (non-hydrogen) atoms. The third-order valence-electron chi connectivity index (χ3n) is 12.5. The zero-order chi connectivity index (χ0) is 40.7. The van der Waals surface area contributed by atoms with E-state index in [-0.39, 0.29) is 0 Å². The molecule has 13 rings (SSSR count). The highest BCUT2D eigenvalue weighted by Gasteiger charge is 2.29. The van der Waals surface area contributed by atoms with Crippen molar-refractivity contribution in [3.8, 4) is 51.0 Å². The van der Waals surface area contributed by atoms with E-state index in [9.17, 15) is 0 Å². The van der Waals surface area contributed by atoms with Crippen LogP contribution in [0.3, 0.4) is 0 Å². The number of rotatable bonds is 5. The molecule has 0 spiro atoms. The monoisotopic (exact) mass is 789 g/mol. The minimum Gasteiger partial charge on any atom is -0.309 e. The van der Waals surface area contributed by atoms with Gasteiger partial charge in [-0.1, -0.05) is 158 Å². The van der Waals surface area contributed by atoms with Gasteiger partial charge in [0, 0.05) is 54.9 Å². The molecule has 10 aromatic carbocycles. The fourth-order valence-corrected chi connectivity index (χ4v) is 9.80. The lowest BCUT2D eigenvalue weighted by molar-refractivity contribution is 1.08. The standard InChI is InChI=1S/C57H35N5/c1-3-16-38(17-4-1)55-58-56(39-30-33-51-48(35-39)44-25-11-12-27-49(44)61(51)40-20-5-2-6-21-40)60-57(59-55)47-32-34-50(43-24-10-9-23-42(43)47)62-52-28-14-19-37-18-13-26-45(53(37)52)46-31-29-36-15-7-8-22-41(36)54(46)62/h1-35H. The summed E-state index contributed by atoms with van der Waals surface area (Å²) in [7, 11) is 0. The lowest BCUT2D eigenvalue weighted by Gasteiger charge is -2.35. The second-order valence-corrected chi connectivity index (χ2v) is 16.0. The van der Waals surface area contributed by atoms with E-state index < -0.39 is 0 Å². The fraction of sp³-hybridized carbons (Fsp3) is 0. The molecule has 0 aliphatic carbocycles. The van der Waals surface area contributed by atoms with Gasteiger partial charge in [0.05, 0.1) is 28.1 Å². The average Bonchev–Trinajstić information content (AvgIpc) is 3.68. The molecule has 0 saturated carbocycles. The van der Waals surface area contributed by atoms with E-state index in [2.05, 4.69) is 204 Å². The molecule has 0 bridgehead atoms. The molecule has 5 nitrogen and oxygen atoms in total. The molecule has 0 unspecified atom stereocenters. The quantitative estimate of drug-likeness (QED) is 0.174. The fourth-order valence-electron chi connectivity index (χ4n) is 9.80. The predicted molar refractivity (Wildman–Crippen MR) is 257 cm³/mol. The van der Waals surface area contributed by atoms with Crippen molar-refractivity contribution >= 4 is 71.2 Å². The summed E-state index contributed by atoms with van der Waals surface area (Å²) < 4.78 is 2.33. The van der Waals surface area contributed by atoms with E-state index >= 15 is 0 Å². The SMILES string of the molecule is c1ccc(-c2nc(-c3ccc4c(c3)c3ccccc3n4-c3ccccc3)nc(-c3ccc(N4c5c(ccc6ccccc56)-c5cccc6cccc4c56)c4ccccc34)n2)cc1. The van der Waals surface area contributed by atoms with Gasteiger partial charge >= 0.3 is 0 Å². The van der Waals surface area contributed by atoms with E-state index in [1.165, 1.54) is 43.7 Å². The van der Waals surface area contributed by atoms with E-state index in [1.54, 1.807) is 0 Å². The van der Waals surface area contributed by atoms with Gasteiger partial charge in [-0.05, 0) is 76.3 Å². The van der Waals surface area contributed by atoms with Gasteiger partial charge in [0.25, 0.3) is 0 Å². The molecule has 3 heterocycles. The minimum atomic E-state index is 0.625. The van der Waals surface area contributed by atoms with Gasteiger partial charge < -0.3 is 9.47 Å². The van der Waals surface area contributed by atoms with Crippen molar-refractivity contribution in [2.45, 2.75) is 0 Å². The summed E-state index contributed by atoms with van der Waals surface area (Å²) >= 11 is 0. The van der Waals surface area contributed by atoms with E-state index in [0.29, 0.717) is 17.5 Å². The van der Waals surface area contributed by atoms with Crippen LogP contribution in [0.1, 0.15) is 0 Å². The summed E-state index contributed by atoms with van der Waals surface area (Å²) in [4.78, 5) is 18.2. The number of anilines is 3. The molecule has 0 N–H and O–H groups in total. The first kappa shape index (κ1) is 34.5. The van der Waals surface area contributed by atoms with Gasteiger partial charge in [0.15, 0.2) is 17.5 Å². The Hall–Kier alpha value is -8.41. The van der Waals surface area contributed by atoms with Crippen LogP contribution in [0, 0.1) is 0 Å².